The SMILES string of the molecule is C=C(C)C(=O)OC(C)N1CCNC1=O.N#C[O-].[K+]. The third-order valence-corrected chi connectivity index (χ3v) is 1.95. The molecular weight excluding hydrogens is 265 g/mol. The second-order valence-corrected chi connectivity index (χ2v) is 3.30. The minimum absolute atomic E-state index is 0. The molecule has 1 aliphatic heterocycles. The number of carbonyl (C=O) groups excluding carboxylic acids is 2. The van der Waals surface area contributed by atoms with E-state index < -0.39 is 12.2 Å². The third-order valence-electron chi connectivity index (χ3n) is 1.95. The van der Waals surface area contributed by atoms with Crippen LogP contribution in [0.4, 0.5) is 4.79 Å². The molecule has 0 aliphatic carbocycles. The summed E-state index contributed by atoms with van der Waals surface area (Å²) in [6.45, 7) is 7.84. The number of amides is 2. The quantitative estimate of drug-likeness (QED) is 0.248. The van der Waals surface area contributed by atoms with Gasteiger partial charge in [-0.3, -0.25) is 4.90 Å². The normalized spacial score (nSPS) is 14.1. The summed E-state index contributed by atoms with van der Waals surface area (Å²) in [6, 6.07) is -0.202. The fourth-order valence-corrected chi connectivity index (χ4v) is 1.15. The molecule has 1 N–H and O–H groups in total. The molecular formula is C10H14KN3O4. The number of ether oxygens (including phenoxy) is 1. The summed E-state index contributed by atoms with van der Waals surface area (Å²) in [5.41, 5.74) is 0.330. The summed E-state index contributed by atoms with van der Waals surface area (Å²) >= 11 is 0. The van der Waals surface area contributed by atoms with E-state index in [4.69, 9.17) is 15.1 Å². The van der Waals surface area contributed by atoms with Gasteiger partial charge in [0.05, 0.1) is 0 Å². The minimum atomic E-state index is -0.540. The van der Waals surface area contributed by atoms with Crippen molar-refractivity contribution >= 4 is 12.0 Å². The first-order valence-corrected chi connectivity index (χ1v) is 4.86. The van der Waals surface area contributed by atoms with Gasteiger partial charge in [-0.25, -0.2) is 14.9 Å². The number of esters is 1. The van der Waals surface area contributed by atoms with E-state index in [0.717, 1.165) is 0 Å². The van der Waals surface area contributed by atoms with Gasteiger partial charge in [0.1, 0.15) is 0 Å². The van der Waals surface area contributed by atoms with Crippen molar-refractivity contribution in [2.75, 3.05) is 13.1 Å². The Morgan fingerprint density at radius 2 is 2.22 bits per heavy atom. The summed E-state index contributed by atoms with van der Waals surface area (Å²) in [5, 5.41) is 17.6. The van der Waals surface area contributed by atoms with Gasteiger partial charge in [0, 0.05) is 24.9 Å². The van der Waals surface area contributed by atoms with Gasteiger partial charge < -0.3 is 15.2 Å². The van der Waals surface area contributed by atoms with Crippen LogP contribution in [0.5, 0.6) is 0 Å². The van der Waals surface area contributed by atoms with E-state index in [-0.39, 0.29) is 57.4 Å². The van der Waals surface area contributed by atoms with Gasteiger partial charge in [-0.1, -0.05) is 6.58 Å². The van der Waals surface area contributed by atoms with Crippen LogP contribution in [-0.2, 0) is 9.53 Å². The van der Waals surface area contributed by atoms with E-state index in [1.807, 2.05) is 0 Å². The molecule has 1 saturated heterocycles. The molecule has 0 saturated carbocycles. The van der Waals surface area contributed by atoms with Gasteiger partial charge in [-0.05, 0) is 13.8 Å². The van der Waals surface area contributed by atoms with Gasteiger partial charge in [-0.2, -0.15) is 0 Å². The van der Waals surface area contributed by atoms with Crippen molar-refractivity contribution in [3.8, 4) is 6.26 Å². The smallest absolute Gasteiger partial charge is 0.812 e. The number of hydrogen-bond acceptors (Lipinski definition) is 5. The summed E-state index contributed by atoms with van der Waals surface area (Å²) in [7, 11) is 0. The van der Waals surface area contributed by atoms with E-state index in [1.54, 1.807) is 13.8 Å². The van der Waals surface area contributed by atoms with Crippen LogP contribution in [0.2, 0.25) is 0 Å². The number of urea groups is 1. The van der Waals surface area contributed by atoms with Crippen molar-refractivity contribution in [2.45, 2.75) is 20.1 Å². The molecule has 0 aromatic carbocycles. The van der Waals surface area contributed by atoms with Crippen LogP contribution in [0, 0.1) is 11.5 Å². The van der Waals surface area contributed by atoms with E-state index >= 15 is 0 Å². The van der Waals surface area contributed by atoms with Crippen LogP contribution >= 0.6 is 0 Å². The maximum Gasteiger partial charge on any atom is 1.00 e. The van der Waals surface area contributed by atoms with Crippen LogP contribution in [0.15, 0.2) is 12.2 Å². The molecule has 1 rings (SSSR count). The van der Waals surface area contributed by atoms with E-state index in [0.29, 0.717) is 24.9 Å². The maximum absolute atomic E-state index is 11.2. The number of carbonyl (C=O) groups is 2. The van der Waals surface area contributed by atoms with E-state index in [9.17, 15) is 9.59 Å². The Balaban J connectivity index is 0. The monoisotopic (exact) mass is 279 g/mol. The number of nitriles is 1. The topological polar surface area (TPSA) is 105 Å². The first kappa shape index (κ1) is 19.7. The van der Waals surface area contributed by atoms with E-state index in [2.05, 4.69) is 11.9 Å². The first-order chi connectivity index (χ1) is 7.93. The van der Waals surface area contributed by atoms with Crippen LogP contribution in [-0.4, -0.2) is 36.2 Å². The van der Waals surface area contributed by atoms with Crippen LogP contribution < -0.4 is 61.8 Å². The zero-order chi connectivity index (χ0) is 13.4. The Morgan fingerprint density at radius 1 is 1.72 bits per heavy atom. The number of hydrogen-bond donors (Lipinski definition) is 1. The Labute approximate surface area is 148 Å². The Hall–Kier alpha value is -0.594. The standard InChI is InChI=1S/C9H14N2O3.CHNO.K/c1-6(2)8(12)14-7(3)11-5-4-10-9(11)13;2-1-3;/h7H,1,4-5H2,2-3H3,(H,10,13);3H;/q;;+1/p-1. The van der Waals surface area contributed by atoms with Gasteiger partial charge >= 0.3 is 63.4 Å². The molecule has 8 heteroatoms. The van der Waals surface area contributed by atoms with E-state index in [1.165, 1.54) is 4.90 Å². The summed E-state index contributed by atoms with van der Waals surface area (Å²) < 4.78 is 4.99. The Kier molecular flexibility index (Phi) is 11.3. The van der Waals surface area contributed by atoms with Crippen molar-refractivity contribution in [3.63, 3.8) is 0 Å². The van der Waals surface area contributed by atoms with Gasteiger partial charge in [0.2, 0.25) is 0 Å². The number of nitrogens with zero attached hydrogens (tertiary/aromatic N) is 2. The summed E-state index contributed by atoms with van der Waals surface area (Å²) in [4.78, 5) is 23.8. The zero-order valence-electron chi connectivity index (χ0n) is 10.7. The van der Waals surface area contributed by atoms with Crippen molar-refractivity contribution in [2.24, 2.45) is 0 Å². The molecule has 18 heavy (non-hydrogen) atoms. The molecule has 1 atom stereocenters. The van der Waals surface area contributed by atoms with Gasteiger partial charge in [-0.15, -0.1) is 0 Å². The van der Waals surface area contributed by atoms with Gasteiger partial charge in [0.25, 0.3) is 0 Å². The fraction of sp³-hybridized carbons (Fsp3) is 0.500. The second kappa shape index (κ2) is 10.3. The Bertz CT molecular complexity index is 354. The van der Waals surface area contributed by atoms with Crippen molar-refractivity contribution in [1.29, 1.82) is 5.26 Å². The van der Waals surface area contributed by atoms with Crippen LogP contribution in [0.3, 0.4) is 0 Å². The molecule has 7 nitrogen and oxygen atoms in total. The molecule has 2 amide bonds. The predicted octanol–water partition coefficient (Wildman–Crippen LogP) is -3.69. The summed E-state index contributed by atoms with van der Waals surface area (Å²) in [5.74, 6) is -0.475. The molecule has 0 aromatic rings. The molecule has 0 radical (unpaired) electrons. The molecule has 0 spiro atoms. The third kappa shape index (κ3) is 6.98. The minimum Gasteiger partial charge on any atom is -0.812 e. The molecule has 1 fully saturated rings. The maximum atomic E-state index is 11.2. The van der Waals surface area contributed by atoms with Gasteiger partial charge in [0.15, 0.2) is 6.23 Å². The molecule has 1 unspecified atom stereocenters. The van der Waals surface area contributed by atoms with Crippen LogP contribution in [0.1, 0.15) is 13.8 Å². The van der Waals surface area contributed by atoms with Crippen molar-refractivity contribution in [1.82, 2.24) is 10.2 Å². The Morgan fingerprint density at radius 3 is 2.56 bits per heavy atom. The largest absolute Gasteiger partial charge is 1.00 e. The molecule has 94 valence electrons. The molecule has 1 aliphatic rings. The van der Waals surface area contributed by atoms with Crippen molar-refractivity contribution < 1.29 is 70.8 Å². The first-order valence-electron chi connectivity index (χ1n) is 4.86. The zero-order valence-corrected chi connectivity index (χ0v) is 13.8. The van der Waals surface area contributed by atoms with Crippen molar-refractivity contribution in [3.05, 3.63) is 12.2 Å². The average molecular weight is 279 g/mol. The number of nitrogens with one attached hydrogen (secondary N) is 1. The average Bonchev–Trinajstić information content (AvgIpc) is 2.65. The number of rotatable bonds is 3. The molecule has 0 aromatic heterocycles. The molecule has 1 heterocycles. The van der Waals surface area contributed by atoms with Crippen LogP contribution in [0.25, 0.3) is 0 Å². The second-order valence-electron chi connectivity index (χ2n) is 3.30. The predicted molar refractivity (Wildman–Crippen MR) is 56.1 cm³/mol. The summed E-state index contributed by atoms with van der Waals surface area (Å²) in [6.07, 6.45) is -0.0401. The fourth-order valence-electron chi connectivity index (χ4n) is 1.15. The molecule has 0 bridgehead atoms.